The van der Waals surface area contributed by atoms with E-state index >= 15 is 0 Å². The lowest BCUT2D eigenvalue weighted by Crippen LogP contribution is -2.21. The molecule has 0 amide bonds. The minimum absolute atomic E-state index is 0.0883. The number of hydrogen-bond acceptors (Lipinski definition) is 1. The normalized spacial score (nSPS) is 11.8. The van der Waals surface area contributed by atoms with Gasteiger partial charge in [0.2, 0.25) is 0 Å². The van der Waals surface area contributed by atoms with Gasteiger partial charge in [-0.05, 0) is 17.7 Å². The first-order chi connectivity index (χ1) is 5.97. The molecule has 0 aliphatic rings. The quantitative estimate of drug-likeness (QED) is 0.809. The maximum atomic E-state index is 9.13. The molecule has 0 radical (unpaired) electrons. The largest absolute Gasteiger partial charge is 0.395 e. The number of aliphatic hydroxyl groups is 1. The Kier molecular flexibility index (Phi) is 3.23. The van der Waals surface area contributed by atoms with Crippen LogP contribution in [0.25, 0.3) is 0 Å². The number of benzene rings is 1. The molecule has 0 aliphatic heterocycles. The minimum atomic E-state index is -0.270. The summed E-state index contributed by atoms with van der Waals surface area (Å²) < 4.78 is 0. The molecule has 1 aromatic rings. The summed E-state index contributed by atoms with van der Waals surface area (Å²) >= 11 is 11.6. The van der Waals surface area contributed by atoms with Crippen LogP contribution in [0.15, 0.2) is 18.2 Å². The van der Waals surface area contributed by atoms with Gasteiger partial charge < -0.3 is 5.11 Å². The fraction of sp³-hybridized carbons (Fsp3) is 0.400. The second-order valence-corrected chi connectivity index (χ2v) is 4.49. The summed E-state index contributed by atoms with van der Waals surface area (Å²) in [5, 5.41) is 10.2. The molecule has 0 aliphatic carbocycles. The molecule has 0 bridgehead atoms. The Morgan fingerprint density at radius 2 is 1.85 bits per heavy atom. The predicted molar refractivity (Wildman–Crippen MR) is 56.6 cm³/mol. The molecule has 13 heavy (non-hydrogen) atoms. The van der Waals surface area contributed by atoms with Gasteiger partial charge in [-0.3, -0.25) is 0 Å². The van der Waals surface area contributed by atoms with Gasteiger partial charge >= 0.3 is 0 Å². The van der Waals surface area contributed by atoms with Gasteiger partial charge in [0.1, 0.15) is 0 Å². The van der Waals surface area contributed by atoms with Gasteiger partial charge in [0, 0.05) is 5.41 Å². The van der Waals surface area contributed by atoms with Gasteiger partial charge in [0.15, 0.2) is 0 Å². The zero-order valence-corrected chi connectivity index (χ0v) is 9.15. The molecule has 1 nitrogen and oxygen atoms in total. The molecule has 3 heteroatoms. The smallest absolute Gasteiger partial charge is 0.0595 e. The lowest BCUT2D eigenvalue weighted by molar-refractivity contribution is 0.218. The van der Waals surface area contributed by atoms with Gasteiger partial charge in [-0.1, -0.05) is 43.1 Å². The SMILES string of the molecule is CC(C)(CO)c1ccc(Cl)c(Cl)c1. The van der Waals surface area contributed by atoms with Crippen molar-refractivity contribution in [3.63, 3.8) is 0 Å². The third-order valence-electron chi connectivity index (χ3n) is 2.10. The molecule has 1 N–H and O–H groups in total. The van der Waals surface area contributed by atoms with Crippen LogP contribution in [0, 0.1) is 0 Å². The van der Waals surface area contributed by atoms with Crippen molar-refractivity contribution in [2.45, 2.75) is 19.3 Å². The van der Waals surface area contributed by atoms with Crippen LogP contribution in [-0.4, -0.2) is 11.7 Å². The molecule has 1 aromatic carbocycles. The van der Waals surface area contributed by atoms with Crippen molar-refractivity contribution in [3.05, 3.63) is 33.8 Å². The monoisotopic (exact) mass is 218 g/mol. The van der Waals surface area contributed by atoms with Crippen LogP contribution in [0.2, 0.25) is 10.0 Å². The summed E-state index contributed by atoms with van der Waals surface area (Å²) in [5.74, 6) is 0. The summed E-state index contributed by atoms with van der Waals surface area (Å²) in [4.78, 5) is 0. The Balaban J connectivity index is 3.10. The average Bonchev–Trinajstić information content (AvgIpc) is 2.09. The van der Waals surface area contributed by atoms with Gasteiger partial charge in [-0.25, -0.2) is 0 Å². The summed E-state index contributed by atoms with van der Waals surface area (Å²) in [6.07, 6.45) is 0. The van der Waals surface area contributed by atoms with E-state index in [2.05, 4.69) is 0 Å². The first-order valence-corrected chi connectivity index (χ1v) is 4.79. The van der Waals surface area contributed by atoms with Crippen LogP contribution in [0.1, 0.15) is 19.4 Å². The number of hydrogen-bond donors (Lipinski definition) is 1. The molecule has 72 valence electrons. The highest BCUT2D eigenvalue weighted by molar-refractivity contribution is 6.42. The van der Waals surface area contributed by atoms with Crippen molar-refractivity contribution in [2.24, 2.45) is 0 Å². The summed E-state index contributed by atoms with van der Waals surface area (Å²) in [5.41, 5.74) is 0.721. The molecule has 0 spiro atoms. The number of halogens is 2. The molecule has 0 saturated carbocycles. The van der Waals surface area contributed by atoms with Crippen LogP contribution in [0.3, 0.4) is 0 Å². The summed E-state index contributed by atoms with van der Waals surface area (Å²) in [6.45, 7) is 3.99. The van der Waals surface area contributed by atoms with E-state index < -0.39 is 0 Å². The highest BCUT2D eigenvalue weighted by atomic mass is 35.5. The van der Waals surface area contributed by atoms with E-state index in [0.717, 1.165) is 5.56 Å². The zero-order valence-electron chi connectivity index (χ0n) is 7.64. The third kappa shape index (κ3) is 2.37. The molecular weight excluding hydrogens is 207 g/mol. The topological polar surface area (TPSA) is 20.2 Å². The van der Waals surface area contributed by atoms with E-state index in [1.165, 1.54) is 0 Å². The van der Waals surface area contributed by atoms with Gasteiger partial charge in [-0.2, -0.15) is 0 Å². The Bertz CT molecular complexity index is 308. The lowest BCUT2D eigenvalue weighted by Gasteiger charge is -2.22. The van der Waals surface area contributed by atoms with E-state index in [1.54, 1.807) is 12.1 Å². The predicted octanol–water partition coefficient (Wildman–Crippen LogP) is 3.26. The molecule has 0 aromatic heterocycles. The van der Waals surface area contributed by atoms with Gasteiger partial charge in [-0.15, -0.1) is 0 Å². The van der Waals surface area contributed by atoms with E-state index in [0.29, 0.717) is 10.0 Å². The van der Waals surface area contributed by atoms with E-state index in [9.17, 15) is 0 Å². The fourth-order valence-electron chi connectivity index (χ4n) is 1.01. The third-order valence-corrected chi connectivity index (χ3v) is 2.84. The van der Waals surface area contributed by atoms with Crippen LogP contribution in [-0.2, 0) is 5.41 Å². The fourth-order valence-corrected chi connectivity index (χ4v) is 1.31. The van der Waals surface area contributed by atoms with Crippen LogP contribution in [0.4, 0.5) is 0 Å². The second kappa shape index (κ2) is 3.87. The highest BCUT2D eigenvalue weighted by Gasteiger charge is 2.19. The highest BCUT2D eigenvalue weighted by Crippen LogP contribution is 2.29. The van der Waals surface area contributed by atoms with E-state index in [1.807, 2.05) is 19.9 Å². The lowest BCUT2D eigenvalue weighted by atomic mass is 9.86. The van der Waals surface area contributed by atoms with E-state index in [4.69, 9.17) is 28.3 Å². The van der Waals surface area contributed by atoms with Crippen molar-refractivity contribution in [1.29, 1.82) is 0 Å². The second-order valence-electron chi connectivity index (χ2n) is 3.67. The molecule has 0 unspecified atom stereocenters. The van der Waals surface area contributed by atoms with Crippen molar-refractivity contribution >= 4 is 23.2 Å². The summed E-state index contributed by atoms with van der Waals surface area (Å²) in [6, 6.07) is 5.42. The molecule has 0 saturated heterocycles. The molecular formula is C10H12Cl2O. The van der Waals surface area contributed by atoms with Crippen molar-refractivity contribution < 1.29 is 5.11 Å². The Labute approximate surface area is 88.3 Å². The van der Waals surface area contributed by atoms with Gasteiger partial charge in [0.25, 0.3) is 0 Å². The number of rotatable bonds is 2. The standard InChI is InChI=1S/C10H12Cl2O/c1-10(2,6-13)7-3-4-8(11)9(12)5-7/h3-5,13H,6H2,1-2H3. The first kappa shape index (κ1) is 10.8. The van der Waals surface area contributed by atoms with Crippen LogP contribution in [0.5, 0.6) is 0 Å². The van der Waals surface area contributed by atoms with Gasteiger partial charge in [0.05, 0.1) is 16.7 Å². The molecule has 1 rings (SSSR count). The number of aliphatic hydroxyl groups excluding tert-OH is 1. The van der Waals surface area contributed by atoms with Crippen LogP contribution < -0.4 is 0 Å². The van der Waals surface area contributed by atoms with Crippen molar-refractivity contribution in [3.8, 4) is 0 Å². The molecule has 0 atom stereocenters. The maximum absolute atomic E-state index is 9.13. The molecule has 0 heterocycles. The summed E-state index contributed by atoms with van der Waals surface area (Å²) in [7, 11) is 0. The average molecular weight is 219 g/mol. The zero-order chi connectivity index (χ0) is 10.1. The van der Waals surface area contributed by atoms with Crippen LogP contribution >= 0.6 is 23.2 Å². The first-order valence-electron chi connectivity index (χ1n) is 4.04. The van der Waals surface area contributed by atoms with E-state index in [-0.39, 0.29) is 12.0 Å². The Morgan fingerprint density at radius 1 is 1.23 bits per heavy atom. The van der Waals surface area contributed by atoms with Crippen molar-refractivity contribution in [2.75, 3.05) is 6.61 Å². The minimum Gasteiger partial charge on any atom is -0.395 e. The Morgan fingerprint density at radius 3 is 2.31 bits per heavy atom. The van der Waals surface area contributed by atoms with Crippen molar-refractivity contribution in [1.82, 2.24) is 0 Å². The maximum Gasteiger partial charge on any atom is 0.0595 e. The Hall–Kier alpha value is -0.240. The molecule has 0 fully saturated rings.